The summed E-state index contributed by atoms with van der Waals surface area (Å²) in [4.78, 5) is 4.74. The standard InChI is InChI=1S/C13H16BrClN2S/c1-8(2)12-5-6-18-13(17-12)16-9-3-4-10(14)11(15)7-9/h3-4,7-8,12H,5-6H2,1-2H3,(H,16,17). The number of anilines is 1. The van der Waals surface area contributed by atoms with Gasteiger partial charge in [-0.05, 0) is 46.5 Å². The van der Waals surface area contributed by atoms with Crippen LogP contribution in [0.5, 0.6) is 0 Å². The number of thioether (sulfide) groups is 1. The molecule has 0 bridgehead atoms. The van der Waals surface area contributed by atoms with Gasteiger partial charge in [-0.2, -0.15) is 0 Å². The van der Waals surface area contributed by atoms with Crippen molar-refractivity contribution >= 4 is 50.1 Å². The first-order valence-electron chi connectivity index (χ1n) is 5.99. The highest BCUT2D eigenvalue weighted by atomic mass is 79.9. The van der Waals surface area contributed by atoms with Crippen molar-refractivity contribution in [1.82, 2.24) is 0 Å². The van der Waals surface area contributed by atoms with E-state index in [1.165, 1.54) is 0 Å². The minimum atomic E-state index is 0.430. The lowest BCUT2D eigenvalue weighted by Crippen LogP contribution is -2.23. The molecule has 1 aromatic rings. The molecule has 18 heavy (non-hydrogen) atoms. The van der Waals surface area contributed by atoms with Gasteiger partial charge < -0.3 is 5.32 Å². The zero-order valence-electron chi connectivity index (χ0n) is 10.4. The van der Waals surface area contributed by atoms with Crippen molar-refractivity contribution in [3.63, 3.8) is 0 Å². The van der Waals surface area contributed by atoms with Gasteiger partial charge in [0.2, 0.25) is 0 Å². The molecule has 0 amide bonds. The highest BCUT2D eigenvalue weighted by Crippen LogP contribution is 2.28. The fraction of sp³-hybridized carbons (Fsp3) is 0.462. The van der Waals surface area contributed by atoms with Gasteiger partial charge in [-0.3, -0.25) is 4.99 Å². The van der Waals surface area contributed by atoms with Gasteiger partial charge in [0.1, 0.15) is 0 Å². The van der Waals surface area contributed by atoms with Crippen LogP contribution in [0, 0.1) is 5.92 Å². The number of nitrogens with one attached hydrogen (secondary N) is 1. The summed E-state index contributed by atoms with van der Waals surface area (Å²) in [6.45, 7) is 4.44. The van der Waals surface area contributed by atoms with Crippen LogP contribution in [-0.4, -0.2) is 17.0 Å². The maximum Gasteiger partial charge on any atom is 0.161 e. The SMILES string of the molecule is CC(C)C1CCSC(Nc2ccc(Br)c(Cl)c2)=N1. The molecule has 98 valence electrons. The van der Waals surface area contributed by atoms with Gasteiger partial charge >= 0.3 is 0 Å². The summed E-state index contributed by atoms with van der Waals surface area (Å²) in [5.74, 6) is 1.72. The summed E-state index contributed by atoms with van der Waals surface area (Å²) in [6.07, 6.45) is 1.16. The predicted molar refractivity (Wildman–Crippen MR) is 85.9 cm³/mol. The Labute approximate surface area is 126 Å². The molecule has 1 N–H and O–H groups in total. The second-order valence-electron chi connectivity index (χ2n) is 4.64. The molecule has 1 atom stereocenters. The van der Waals surface area contributed by atoms with Gasteiger partial charge in [0.25, 0.3) is 0 Å². The largest absolute Gasteiger partial charge is 0.335 e. The zero-order valence-corrected chi connectivity index (χ0v) is 13.6. The summed E-state index contributed by atoms with van der Waals surface area (Å²) in [6, 6.07) is 6.28. The first-order valence-corrected chi connectivity index (χ1v) is 8.14. The van der Waals surface area contributed by atoms with Crippen molar-refractivity contribution in [1.29, 1.82) is 0 Å². The molecule has 0 aromatic heterocycles. The third-order valence-corrected chi connectivity index (χ3v) is 5.03. The Kier molecular flexibility index (Phi) is 4.98. The van der Waals surface area contributed by atoms with E-state index in [9.17, 15) is 0 Å². The number of aliphatic imine (C=N–C) groups is 1. The average molecular weight is 348 g/mol. The quantitative estimate of drug-likeness (QED) is 0.811. The molecule has 1 aliphatic heterocycles. The fourth-order valence-electron chi connectivity index (χ4n) is 1.78. The fourth-order valence-corrected chi connectivity index (χ4v) is 3.16. The number of hydrogen-bond acceptors (Lipinski definition) is 3. The van der Waals surface area contributed by atoms with E-state index in [2.05, 4.69) is 35.1 Å². The van der Waals surface area contributed by atoms with E-state index in [0.29, 0.717) is 17.0 Å². The van der Waals surface area contributed by atoms with Gasteiger partial charge in [0.15, 0.2) is 5.17 Å². The second-order valence-corrected chi connectivity index (χ2v) is 6.98. The van der Waals surface area contributed by atoms with E-state index in [4.69, 9.17) is 16.6 Å². The van der Waals surface area contributed by atoms with E-state index in [1.54, 1.807) is 11.8 Å². The van der Waals surface area contributed by atoms with Crippen LogP contribution in [0.15, 0.2) is 27.7 Å². The Morgan fingerprint density at radius 3 is 2.94 bits per heavy atom. The third-order valence-electron chi connectivity index (χ3n) is 2.88. The Morgan fingerprint density at radius 2 is 2.28 bits per heavy atom. The molecule has 0 saturated heterocycles. The smallest absolute Gasteiger partial charge is 0.161 e. The number of nitrogens with zero attached hydrogens (tertiary/aromatic N) is 1. The van der Waals surface area contributed by atoms with Crippen molar-refractivity contribution < 1.29 is 0 Å². The molecule has 2 nitrogen and oxygen atoms in total. The third kappa shape index (κ3) is 3.65. The van der Waals surface area contributed by atoms with E-state index < -0.39 is 0 Å². The van der Waals surface area contributed by atoms with Crippen molar-refractivity contribution in [2.24, 2.45) is 10.9 Å². The number of amidine groups is 1. The molecule has 0 fully saturated rings. The summed E-state index contributed by atoms with van der Waals surface area (Å²) in [7, 11) is 0. The number of benzene rings is 1. The van der Waals surface area contributed by atoms with Gasteiger partial charge in [-0.25, -0.2) is 0 Å². The Hall–Kier alpha value is -0.190. The normalized spacial score (nSPS) is 19.8. The molecular weight excluding hydrogens is 332 g/mol. The Bertz CT molecular complexity index is 462. The molecule has 1 unspecified atom stereocenters. The molecular formula is C13H16BrClN2S. The average Bonchev–Trinajstić information content (AvgIpc) is 2.34. The van der Waals surface area contributed by atoms with Crippen LogP contribution in [0.25, 0.3) is 0 Å². The molecule has 1 heterocycles. The molecule has 1 aliphatic rings. The van der Waals surface area contributed by atoms with E-state index >= 15 is 0 Å². The number of hydrogen-bond donors (Lipinski definition) is 1. The van der Waals surface area contributed by atoms with E-state index in [-0.39, 0.29) is 0 Å². The van der Waals surface area contributed by atoms with Crippen LogP contribution in [0.3, 0.4) is 0 Å². The van der Waals surface area contributed by atoms with Crippen LogP contribution in [0.1, 0.15) is 20.3 Å². The highest BCUT2D eigenvalue weighted by molar-refractivity contribution is 9.10. The van der Waals surface area contributed by atoms with Crippen molar-refractivity contribution in [3.05, 3.63) is 27.7 Å². The zero-order chi connectivity index (χ0) is 13.1. The topological polar surface area (TPSA) is 24.4 Å². The van der Waals surface area contributed by atoms with Crippen LogP contribution >= 0.6 is 39.3 Å². The van der Waals surface area contributed by atoms with E-state index in [1.807, 2.05) is 18.2 Å². The number of halogens is 2. The second kappa shape index (κ2) is 6.31. The maximum atomic E-state index is 6.08. The van der Waals surface area contributed by atoms with Crippen LogP contribution in [-0.2, 0) is 0 Å². The summed E-state index contributed by atoms with van der Waals surface area (Å²) in [5.41, 5.74) is 0.985. The molecule has 0 aliphatic carbocycles. The minimum Gasteiger partial charge on any atom is -0.335 e. The molecule has 0 spiro atoms. The summed E-state index contributed by atoms with van der Waals surface area (Å²) < 4.78 is 0.910. The molecule has 2 rings (SSSR count). The van der Waals surface area contributed by atoms with Crippen LogP contribution in [0.4, 0.5) is 5.69 Å². The van der Waals surface area contributed by atoms with Gasteiger partial charge in [-0.1, -0.05) is 37.2 Å². The van der Waals surface area contributed by atoms with Crippen molar-refractivity contribution in [2.45, 2.75) is 26.3 Å². The van der Waals surface area contributed by atoms with E-state index in [0.717, 1.165) is 27.5 Å². The molecule has 5 heteroatoms. The Morgan fingerprint density at radius 1 is 1.50 bits per heavy atom. The van der Waals surface area contributed by atoms with Crippen LogP contribution < -0.4 is 5.32 Å². The van der Waals surface area contributed by atoms with Crippen molar-refractivity contribution in [2.75, 3.05) is 11.1 Å². The monoisotopic (exact) mass is 346 g/mol. The van der Waals surface area contributed by atoms with Crippen molar-refractivity contribution in [3.8, 4) is 0 Å². The maximum absolute atomic E-state index is 6.08. The summed E-state index contributed by atoms with van der Waals surface area (Å²) in [5, 5.41) is 5.05. The lowest BCUT2D eigenvalue weighted by molar-refractivity contribution is 0.485. The molecule has 0 radical (unpaired) electrons. The lowest BCUT2D eigenvalue weighted by Gasteiger charge is -2.23. The molecule has 0 saturated carbocycles. The first kappa shape index (κ1) is 14.2. The van der Waals surface area contributed by atoms with Gasteiger partial charge in [-0.15, -0.1) is 0 Å². The number of rotatable bonds is 2. The lowest BCUT2D eigenvalue weighted by atomic mass is 10.0. The predicted octanol–water partition coefficient (Wildman–Crippen LogP) is 5.03. The van der Waals surface area contributed by atoms with Crippen LogP contribution in [0.2, 0.25) is 5.02 Å². The summed E-state index contributed by atoms with van der Waals surface area (Å²) >= 11 is 11.2. The van der Waals surface area contributed by atoms with Gasteiger partial charge in [0, 0.05) is 15.9 Å². The van der Waals surface area contributed by atoms with Gasteiger partial charge in [0.05, 0.1) is 11.1 Å². The highest BCUT2D eigenvalue weighted by Gasteiger charge is 2.18. The minimum absolute atomic E-state index is 0.430. The molecule has 1 aromatic carbocycles. The Balaban J connectivity index is 2.10. The first-order chi connectivity index (χ1) is 8.56.